The first-order valence-electron chi connectivity index (χ1n) is 9.41. The van der Waals surface area contributed by atoms with Crippen molar-refractivity contribution in [3.63, 3.8) is 0 Å². The van der Waals surface area contributed by atoms with E-state index in [4.69, 9.17) is 13.9 Å². The van der Waals surface area contributed by atoms with Crippen LogP contribution in [0.1, 0.15) is 11.6 Å². The fourth-order valence-corrected chi connectivity index (χ4v) is 4.60. The summed E-state index contributed by atoms with van der Waals surface area (Å²) < 4.78 is 21.0. The van der Waals surface area contributed by atoms with E-state index in [1.54, 1.807) is 24.9 Å². The van der Waals surface area contributed by atoms with Crippen LogP contribution in [0.2, 0.25) is 25.7 Å². The molecule has 0 aromatic carbocycles. The Kier molecular flexibility index (Phi) is 6.47. The molecule has 0 aliphatic carbocycles. The van der Waals surface area contributed by atoms with Gasteiger partial charge in [-0.1, -0.05) is 19.6 Å². The number of aryl methyl sites for hydroxylation is 1. The average molecular weight is 483 g/mol. The predicted octanol–water partition coefficient (Wildman–Crippen LogP) is 3.92. The molecule has 0 aliphatic rings. The smallest absolute Gasteiger partial charge is 0.274 e. The molecular formula is C19H27BrN4O4Si. The molecule has 0 saturated heterocycles. The van der Waals surface area contributed by atoms with Crippen LogP contribution in [-0.4, -0.2) is 41.1 Å². The summed E-state index contributed by atoms with van der Waals surface area (Å²) in [7, 11) is 2.10. The zero-order chi connectivity index (χ0) is 21.3. The third-order valence-electron chi connectivity index (χ3n) is 4.76. The van der Waals surface area contributed by atoms with Gasteiger partial charge in [-0.25, -0.2) is 0 Å². The maximum Gasteiger partial charge on any atom is 0.274 e. The van der Waals surface area contributed by atoms with Crippen LogP contribution in [0.4, 0.5) is 0 Å². The van der Waals surface area contributed by atoms with Crippen LogP contribution in [0.25, 0.3) is 22.4 Å². The van der Waals surface area contributed by atoms with E-state index in [2.05, 4.69) is 45.8 Å². The Bertz CT molecular complexity index is 1080. The van der Waals surface area contributed by atoms with E-state index in [1.807, 2.05) is 11.5 Å². The van der Waals surface area contributed by atoms with E-state index in [-0.39, 0.29) is 18.9 Å². The molecular weight excluding hydrogens is 456 g/mol. The number of methoxy groups -OCH3 is 1. The number of aromatic nitrogens is 4. The van der Waals surface area contributed by atoms with E-state index < -0.39 is 8.07 Å². The van der Waals surface area contributed by atoms with Gasteiger partial charge in [-0.3, -0.25) is 4.79 Å². The average Bonchev–Trinajstić information content (AvgIpc) is 3.19. The van der Waals surface area contributed by atoms with E-state index in [9.17, 15) is 4.79 Å². The molecule has 0 radical (unpaired) electrons. The molecule has 0 N–H and O–H groups in total. The van der Waals surface area contributed by atoms with Gasteiger partial charge in [0.05, 0.1) is 5.56 Å². The molecule has 10 heteroatoms. The highest BCUT2D eigenvalue weighted by molar-refractivity contribution is 9.10. The molecule has 0 atom stereocenters. The number of pyridine rings is 1. The minimum absolute atomic E-state index is 0.108. The van der Waals surface area contributed by atoms with Crippen molar-refractivity contribution in [3.05, 3.63) is 32.6 Å². The Hall–Kier alpha value is -1.75. The number of rotatable bonds is 8. The highest BCUT2D eigenvalue weighted by Crippen LogP contribution is 2.37. The van der Waals surface area contributed by atoms with Crippen molar-refractivity contribution >= 4 is 34.9 Å². The molecule has 0 bridgehead atoms. The van der Waals surface area contributed by atoms with Crippen molar-refractivity contribution in [2.45, 2.75) is 45.9 Å². The van der Waals surface area contributed by atoms with E-state index >= 15 is 0 Å². The van der Waals surface area contributed by atoms with Crippen molar-refractivity contribution in [3.8, 4) is 11.5 Å². The summed E-state index contributed by atoms with van der Waals surface area (Å²) in [5.74, 6) is 0.739. The van der Waals surface area contributed by atoms with E-state index in [0.29, 0.717) is 23.9 Å². The Morgan fingerprint density at radius 2 is 2.00 bits per heavy atom. The SMILES string of the molecule is COCc1nnc(-c2c(C)n(COCC[Si](C)(C)C)c3c(=O)n(C)cc(Br)c23)o1. The number of ether oxygens (including phenoxy) is 2. The first-order chi connectivity index (χ1) is 13.6. The van der Waals surface area contributed by atoms with Crippen LogP contribution in [0, 0.1) is 6.92 Å². The largest absolute Gasteiger partial charge is 0.418 e. The van der Waals surface area contributed by atoms with Gasteiger partial charge in [0, 0.05) is 50.6 Å². The lowest BCUT2D eigenvalue weighted by Crippen LogP contribution is -2.23. The zero-order valence-electron chi connectivity index (χ0n) is 17.7. The molecule has 29 heavy (non-hydrogen) atoms. The number of hydrogen-bond donors (Lipinski definition) is 0. The molecule has 0 aliphatic heterocycles. The molecule has 158 valence electrons. The van der Waals surface area contributed by atoms with Crippen molar-refractivity contribution in [2.75, 3.05) is 13.7 Å². The van der Waals surface area contributed by atoms with Gasteiger partial charge in [0.15, 0.2) is 0 Å². The summed E-state index contributed by atoms with van der Waals surface area (Å²) in [5, 5.41) is 8.95. The number of hydrogen-bond acceptors (Lipinski definition) is 6. The van der Waals surface area contributed by atoms with Gasteiger partial charge in [-0.05, 0) is 28.9 Å². The fourth-order valence-electron chi connectivity index (χ4n) is 3.15. The molecule has 8 nitrogen and oxygen atoms in total. The van der Waals surface area contributed by atoms with Crippen molar-refractivity contribution in [1.29, 1.82) is 0 Å². The molecule has 3 heterocycles. The second kappa shape index (κ2) is 8.55. The Morgan fingerprint density at radius 1 is 1.28 bits per heavy atom. The molecule has 3 rings (SSSR count). The highest BCUT2D eigenvalue weighted by atomic mass is 79.9. The number of nitrogens with zero attached hydrogens (tertiary/aromatic N) is 4. The summed E-state index contributed by atoms with van der Waals surface area (Å²) in [6.07, 6.45) is 1.75. The summed E-state index contributed by atoms with van der Waals surface area (Å²) >= 11 is 3.60. The summed E-state index contributed by atoms with van der Waals surface area (Å²) in [6, 6.07) is 1.06. The second-order valence-corrected chi connectivity index (χ2v) is 14.8. The fraction of sp³-hybridized carbons (Fsp3) is 0.526. The van der Waals surface area contributed by atoms with Gasteiger partial charge >= 0.3 is 0 Å². The third kappa shape index (κ3) is 4.55. The maximum atomic E-state index is 13.0. The van der Waals surface area contributed by atoms with Crippen molar-refractivity contribution in [1.82, 2.24) is 19.3 Å². The lowest BCUT2D eigenvalue weighted by molar-refractivity contribution is 0.0889. The minimum atomic E-state index is -1.20. The molecule has 0 amide bonds. The van der Waals surface area contributed by atoms with Gasteiger partial charge in [0.2, 0.25) is 11.8 Å². The monoisotopic (exact) mass is 482 g/mol. The minimum Gasteiger partial charge on any atom is -0.418 e. The topological polar surface area (TPSA) is 84.3 Å². The molecule has 0 saturated carbocycles. The lowest BCUT2D eigenvalue weighted by Gasteiger charge is -2.16. The van der Waals surface area contributed by atoms with Crippen LogP contribution in [0.5, 0.6) is 0 Å². The van der Waals surface area contributed by atoms with Crippen molar-refractivity contribution < 1.29 is 13.9 Å². The Morgan fingerprint density at radius 3 is 2.66 bits per heavy atom. The van der Waals surface area contributed by atoms with Gasteiger partial charge in [0.25, 0.3) is 5.56 Å². The highest BCUT2D eigenvalue weighted by Gasteiger charge is 2.25. The van der Waals surface area contributed by atoms with Gasteiger partial charge in [-0.2, -0.15) is 0 Å². The summed E-state index contributed by atoms with van der Waals surface area (Å²) in [6.45, 7) is 10.0. The predicted molar refractivity (Wildman–Crippen MR) is 118 cm³/mol. The summed E-state index contributed by atoms with van der Waals surface area (Å²) in [4.78, 5) is 13.0. The Balaban J connectivity index is 2.10. The first kappa shape index (κ1) is 21.9. The normalized spacial score (nSPS) is 12.2. The van der Waals surface area contributed by atoms with Crippen LogP contribution < -0.4 is 5.56 Å². The molecule has 3 aromatic rings. The summed E-state index contributed by atoms with van der Waals surface area (Å²) in [5.41, 5.74) is 2.01. The first-order valence-corrected chi connectivity index (χ1v) is 13.9. The maximum absolute atomic E-state index is 13.0. The van der Waals surface area contributed by atoms with Crippen molar-refractivity contribution in [2.24, 2.45) is 7.05 Å². The van der Waals surface area contributed by atoms with Crippen LogP contribution in [0.15, 0.2) is 19.9 Å². The molecule has 0 fully saturated rings. The van der Waals surface area contributed by atoms with E-state index in [1.165, 1.54) is 0 Å². The lowest BCUT2D eigenvalue weighted by atomic mass is 10.1. The second-order valence-electron chi connectivity index (χ2n) is 8.29. The van der Waals surface area contributed by atoms with E-state index in [0.717, 1.165) is 27.2 Å². The number of halogens is 1. The van der Waals surface area contributed by atoms with Crippen LogP contribution >= 0.6 is 15.9 Å². The van der Waals surface area contributed by atoms with Gasteiger partial charge in [0.1, 0.15) is 18.9 Å². The molecule has 0 spiro atoms. The van der Waals surface area contributed by atoms with Gasteiger partial charge < -0.3 is 23.0 Å². The standard InChI is InChI=1S/C19H27BrN4O4Si/c1-12-15(18-22-21-14(28-18)10-26-3)16-13(20)9-23(2)19(25)17(16)24(12)11-27-7-8-29(4,5)6/h9H,7-8,10-11H2,1-6H3. The zero-order valence-corrected chi connectivity index (χ0v) is 20.3. The number of fused-ring (bicyclic) bond motifs is 1. The Labute approximate surface area is 179 Å². The van der Waals surface area contributed by atoms with Gasteiger partial charge in [-0.15, -0.1) is 10.2 Å². The quantitative estimate of drug-likeness (QED) is 0.357. The van der Waals surface area contributed by atoms with Crippen LogP contribution in [0.3, 0.4) is 0 Å². The molecule has 3 aromatic heterocycles. The third-order valence-corrected chi connectivity index (χ3v) is 7.06. The molecule has 0 unspecified atom stereocenters. The van der Waals surface area contributed by atoms with Crippen LogP contribution in [-0.2, 0) is 29.9 Å².